The quantitative estimate of drug-likeness (QED) is 0.0942. The van der Waals surface area contributed by atoms with Crippen LogP contribution in [0.25, 0.3) is 0 Å². The summed E-state index contributed by atoms with van der Waals surface area (Å²) in [6.07, 6.45) is 24.8. The molecule has 0 aromatic carbocycles. The van der Waals surface area contributed by atoms with Crippen LogP contribution in [0.4, 0.5) is 0 Å². The van der Waals surface area contributed by atoms with Gasteiger partial charge in [0.25, 0.3) is 0 Å². The Morgan fingerprint density at radius 2 is 1.12 bits per heavy atom. The van der Waals surface area contributed by atoms with Crippen molar-refractivity contribution in [1.82, 2.24) is 4.90 Å². The van der Waals surface area contributed by atoms with E-state index in [0.29, 0.717) is 25.5 Å². The minimum absolute atomic E-state index is 0.0386. The number of hydrogen-bond acceptors (Lipinski definition) is 4. The van der Waals surface area contributed by atoms with Gasteiger partial charge in [-0.2, -0.15) is 0 Å². The van der Waals surface area contributed by atoms with Crippen LogP contribution in [-0.2, 0) is 9.53 Å². The molecule has 0 aliphatic heterocycles. The molecule has 0 rings (SSSR count). The third kappa shape index (κ3) is 23.1. The topological polar surface area (TPSA) is 49.8 Å². The van der Waals surface area contributed by atoms with Gasteiger partial charge in [-0.1, -0.05) is 117 Å². The minimum atomic E-state index is -0.0386. The maximum absolute atomic E-state index is 12.4. The summed E-state index contributed by atoms with van der Waals surface area (Å²) in [5, 5.41) is 9.24. The van der Waals surface area contributed by atoms with Crippen molar-refractivity contribution >= 4 is 5.97 Å². The van der Waals surface area contributed by atoms with Gasteiger partial charge in [0.15, 0.2) is 0 Å². The summed E-state index contributed by atoms with van der Waals surface area (Å²) in [5.74, 6) is 0.494. The van der Waals surface area contributed by atoms with E-state index in [1.807, 2.05) is 0 Å². The van der Waals surface area contributed by atoms with Crippen molar-refractivity contribution in [3.05, 3.63) is 0 Å². The van der Waals surface area contributed by atoms with Crippen LogP contribution in [0.2, 0.25) is 0 Å². The predicted octanol–water partition coefficient (Wildman–Crippen LogP) is 8.30. The standard InChI is InChI=1S/C30H61NO3/c1-4-7-10-12-14-15-17-19-22-29(21-18-16-13-11-8-5-2)28-34-30(33)23-20-25-31(26-27-32)24-9-6-3/h29,32H,4-28H2,1-3H3. The molecule has 0 radical (unpaired) electrons. The molecule has 0 fully saturated rings. The summed E-state index contributed by atoms with van der Waals surface area (Å²) in [6, 6.07) is 0. The van der Waals surface area contributed by atoms with Crippen LogP contribution >= 0.6 is 0 Å². The minimum Gasteiger partial charge on any atom is -0.465 e. The number of rotatable bonds is 27. The molecule has 0 bridgehead atoms. The van der Waals surface area contributed by atoms with Crippen molar-refractivity contribution in [3.8, 4) is 0 Å². The Hall–Kier alpha value is -0.610. The van der Waals surface area contributed by atoms with Crippen LogP contribution in [0.5, 0.6) is 0 Å². The molecule has 1 N–H and O–H groups in total. The summed E-state index contributed by atoms with van der Waals surface area (Å²) in [6.45, 7) is 10.1. The van der Waals surface area contributed by atoms with E-state index >= 15 is 0 Å². The lowest BCUT2D eigenvalue weighted by Crippen LogP contribution is -2.29. The van der Waals surface area contributed by atoms with Crippen LogP contribution in [0, 0.1) is 5.92 Å². The SMILES string of the molecule is CCCCCCCCCCC(CCCCCCCC)COC(=O)CCCN(CCO)CCCC. The molecule has 0 saturated carbocycles. The Labute approximate surface area is 213 Å². The zero-order valence-corrected chi connectivity index (χ0v) is 23.5. The molecule has 1 atom stereocenters. The third-order valence-corrected chi connectivity index (χ3v) is 7.01. The highest BCUT2D eigenvalue weighted by Gasteiger charge is 2.13. The highest BCUT2D eigenvalue weighted by molar-refractivity contribution is 5.69. The van der Waals surface area contributed by atoms with Crippen molar-refractivity contribution in [2.45, 2.75) is 149 Å². The van der Waals surface area contributed by atoms with Gasteiger partial charge in [-0.05, 0) is 44.7 Å². The Kier molecular flexibility index (Phi) is 26.5. The van der Waals surface area contributed by atoms with Crippen LogP contribution in [-0.4, -0.2) is 48.8 Å². The van der Waals surface area contributed by atoms with Gasteiger partial charge in [-0.15, -0.1) is 0 Å². The van der Waals surface area contributed by atoms with E-state index in [4.69, 9.17) is 4.74 Å². The Bertz CT molecular complexity index is 416. The first-order chi connectivity index (χ1) is 16.7. The van der Waals surface area contributed by atoms with Gasteiger partial charge in [0, 0.05) is 13.0 Å². The number of aliphatic hydroxyl groups is 1. The second-order valence-electron chi connectivity index (χ2n) is 10.4. The number of unbranched alkanes of at least 4 members (excludes halogenated alkanes) is 13. The summed E-state index contributed by atoms with van der Waals surface area (Å²) in [4.78, 5) is 14.6. The van der Waals surface area contributed by atoms with E-state index in [-0.39, 0.29) is 12.6 Å². The lowest BCUT2D eigenvalue weighted by Gasteiger charge is -2.21. The van der Waals surface area contributed by atoms with Gasteiger partial charge in [-0.3, -0.25) is 4.79 Å². The molecule has 0 spiro atoms. The maximum Gasteiger partial charge on any atom is 0.305 e. The van der Waals surface area contributed by atoms with E-state index in [0.717, 1.165) is 32.4 Å². The molecule has 0 amide bonds. The number of ether oxygens (including phenoxy) is 1. The van der Waals surface area contributed by atoms with Crippen molar-refractivity contribution in [1.29, 1.82) is 0 Å². The summed E-state index contributed by atoms with van der Waals surface area (Å²) < 4.78 is 5.74. The Balaban J connectivity index is 4.19. The monoisotopic (exact) mass is 483 g/mol. The highest BCUT2D eigenvalue weighted by atomic mass is 16.5. The zero-order chi connectivity index (χ0) is 25.1. The fourth-order valence-electron chi connectivity index (χ4n) is 4.68. The average Bonchev–Trinajstić information content (AvgIpc) is 2.84. The number of aliphatic hydroxyl groups excluding tert-OH is 1. The number of carbonyl (C=O) groups excluding carboxylic acids is 1. The van der Waals surface area contributed by atoms with Crippen LogP contribution in [0.3, 0.4) is 0 Å². The van der Waals surface area contributed by atoms with Crippen molar-refractivity contribution < 1.29 is 14.6 Å². The number of hydrogen-bond donors (Lipinski definition) is 1. The van der Waals surface area contributed by atoms with Crippen molar-refractivity contribution in [2.24, 2.45) is 5.92 Å². The van der Waals surface area contributed by atoms with Crippen LogP contribution in [0.15, 0.2) is 0 Å². The molecule has 4 heteroatoms. The normalized spacial score (nSPS) is 12.4. The van der Waals surface area contributed by atoms with Gasteiger partial charge >= 0.3 is 5.97 Å². The number of carbonyl (C=O) groups is 1. The molecule has 1 unspecified atom stereocenters. The molecule has 34 heavy (non-hydrogen) atoms. The van der Waals surface area contributed by atoms with Crippen LogP contribution in [0.1, 0.15) is 149 Å². The Morgan fingerprint density at radius 3 is 1.62 bits per heavy atom. The second-order valence-corrected chi connectivity index (χ2v) is 10.4. The number of esters is 1. The van der Waals surface area contributed by atoms with Gasteiger partial charge in [0.2, 0.25) is 0 Å². The van der Waals surface area contributed by atoms with Gasteiger partial charge < -0.3 is 14.7 Å². The highest BCUT2D eigenvalue weighted by Crippen LogP contribution is 2.20. The van der Waals surface area contributed by atoms with Gasteiger partial charge in [-0.25, -0.2) is 0 Å². The lowest BCUT2D eigenvalue weighted by molar-refractivity contribution is -0.145. The average molecular weight is 484 g/mol. The second kappa shape index (κ2) is 27.0. The fourth-order valence-corrected chi connectivity index (χ4v) is 4.68. The fraction of sp³-hybridized carbons (Fsp3) is 0.967. The predicted molar refractivity (Wildman–Crippen MR) is 147 cm³/mol. The van der Waals surface area contributed by atoms with Gasteiger partial charge in [0.05, 0.1) is 13.2 Å². The summed E-state index contributed by atoms with van der Waals surface area (Å²) >= 11 is 0. The van der Waals surface area contributed by atoms with E-state index in [9.17, 15) is 9.90 Å². The van der Waals surface area contributed by atoms with Crippen molar-refractivity contribution in [3.63, 3.8) is 0 Å². The molecular weight excluding hydrogens is 422 g/mol. The first kappa shape index (κ1) is 33.4. The smallest absolute Gasteiger partial charge is 0.305 e. The van der Waals surface area contributed by atoms with Crippen molar-refractivity contribution in [2.75, 3.05) is 32.8 Å². The molecule has 4 nitrogen and oxygen atoms in total. The molecular formula is C30H61NO3. The summed E-state index contributed by atoms with van der Waals surface area (Å²) in [5.41, 5.74) is 0. The van der Waals surface area contributed by atoms with Crippen LogP contribution < -0.4 is 0 Å². The van der Waals surface area contributed by atoms with E-state index in [1.165, 1.54) is 103 Å². The first-order valence-corrected chi connectivity index (χ1v) is 15.2. The Morgan fingerprint density at radius 1 is 0.647 bits per heavy atom. The zero-order valence-electron chi connectivity index (χ0n) is 23.5. The first-order valence-electron chi connectivity index (χ1n) is 15.2. The van der Waals surface area contributed by atoms with Gasteiger partial charge in [0.1, 0.15) is 0 Å². The lowest BCUT2D eigenvalue weighted by atomic mass is 9.94. The maximum atomic E-state index is 12.4. The molecule has 0 aliphatic rings. The molecule has 0 aromatic heterocycles. The largest absolute Gasteiger partial charge is 0.465 e. The summed E-state index contributed by atoms with van der Waals surface area (Å²) in [7, 11) is 0. The molecule has 0 aromatic rings. The van der Waals surface area contributed by atoms with E-state index < -0.39 is 0 Å². The third-order valence-electron chi connectivity index (χ3n) is 7.01. The molecule has 0 saturated heterocycles. The molecule has 204 valence electrons. The van der Waals surface area contributed by atoms with E-state index in [1.54, 1.807) is 0 Å². The molecule has 0 aliphatic carbocycles. The molecule has 0 heterocycles. The van der Waals surface area contributed by atoms with E-state index in [2.05, 4.69) is 25.7 Å². The number of nitrogens with zero attached hydrogens (tertiary/aromatic N) is 1.